The number of nitrogens with two attached hydrogens (primary N) is 1. The van der Waals surface area contributed by atoms with E-state index in [-0.39, 0.29) is 11.9 Å². The number of amides is 1. The van der Waals surface area contributed by atoms with Gasteiger partial charge in [0.25, 0.3) is 0 Å². The van der Waals surface area contributed by atoms with Gasteiger partial charge >= 0.3 is 0 Å². The SMILES string of the molecule is N#Cc1ccsc1N1CC(N)CC1=O. The van der Waals surface area contributed by atoms with Gasteiger partial charge in [-0.15, -0.1) is 11.3 Å². The summed E-state index contributed by atoms with van der Waals surface area (Å²) in [6, 6.07) is 3.68. The van der Waals surface area contributed by atoms with Gasteiger partial charge in [-0.25, -0.2) is 0 Å². The molecule has 1 aromatic heterocycles. The Morgan fingerprint density at radius 2 is 2.50 bits per heavy atom. The Labute approximate surface area is 85.5 Å². The lowest BCUT2D eigenvalue weighted by molar-refractivity contribution is -0.117. The molecule has 1 amide bonds. The summed E-state index contributed by atoms with van der Waals surface area (Å²) >= 11 is 1.40. The molecule has 0 saturated carbocycles. The summed E-state index contributed by atoms with van der Waals surface area (Å²) in [6.45, 7) is 0.522. The maximum Gasteiger partial charge on any atom is 0.229 e. The molecule has 0 bridgehead atoms. The van der Waals surface area contributed by atoms with Gasteiger partial charge in [-0.2, -0.15) is 5.26 Å². The average Bonchev–Trinajstić information content (AvgIpc) is 2.71. The van der Waals surface area contributed by atoms with Gasteiger partial charge in [0.15, 0.2) is 0 Å². The highest BCUT2D eigenvalue weighted by molar-refractivity contribution is 7.14. The fourth-order valence-corrected chi connectivity index (χ4v) is 2.40. The first kappa shape index (κ1) is 9.19. The molecule has 2 rings (SSSR count). The van der Waals surface area contributed by atoms with Crippen molar-refractivity contribution in [3.05, 3.63) is 17.0 Å². The number of thiophene rings is 1. The predicted molar refractivity (Wildman–Crippen MR) is 54.0 cm³/mol. The van der Waals surface area contributed by atoms with Crippen LogP contribution in [0.4, 0.5) is 5.00 Å². The lowest BCUT2D eigenvalue weighted by Gasteiger charge is -2.13. The van der Waals surface area contributed by atoms with Crippen LogP contribution in [0.5, 0.6) is 0 Å². The van der Waals surface area contributed by atoms with Crippen LogP contribution in [0.15, 0.2) is 11.4 Å². The smallest absolute Gasteiger partial charge is 0.229 e. The third kappa shape index (κ3) is 1.39. The van der Waals surface area contributed by atoms with E-state index < -0.39 is 0 Å². The third-order valence-electron chi connectivity index (χ3n) is 2.17. The van der Waals surface area contributed by atoms with Crippen LogP contribution in [-0.4, -0.2) is 18.5 Å². The number of carbonyl (C=O) groups excluding carboxylic acids is 1. The van der Waals surface area contributed by atoms with E-state index in [0.717, 1.165) is 5.00 Å². The first-order valence-corrected chi connectivity index (χ1v) is 5.14. The minimum atomic E-state index is -0.101. The highest BCUT2D eigenvalue weighted by Crippen LogP contribution is 2.30. The number of nitrogens with zero attached hydrogens (tertiary/aromatic N) is 2. The fraction of sp³-hybridized carbons (Fsp3) is 0.333. The number of hydrogen-bond donors (Lipinski definition) is 1. The number of anilines is 1. The third-order valence-corrected chi connectivity index (χ3v) is 3.10. The molecule has 2 N–H and O–H groups in total. The van der Waals surface area contributed by atoms with Crippen LogP contribution in [0.1, 0.15) is 12.0 Å². The first-order valence-electron chi connectivity index (χ1n) is 4.26. The molecule has 1 aliphatic rings. The van der Waals surface area contributed by atoms with Crippen LogP contribution in [0.2, 0.25) is 0 Å². The van der Waals surface area contributed by atoms with E-state index >= 15 is 0 Å². The summed E-state index contributed by atoms with van der Waals surface area (Å²) in [6.07, 6.45) is 0.378. The van der Waals surface area contributed by atoms with Crippen LogP contribution >= 0.6 is 11.3 Å². The zero-order valence-corrected chi connectivity index (χ0v) is 8.25. The molecule has 0 radical (unpaired) electrons. The Balaban J connectivity index is 2.32. The number of nitriles is 1. The van der Waals surface area contributed by atoms with E-state index in [1.807, 2.05) is 5.38 Å². The monoisotopic (exact) mass is 207 g/mol. The normalized spacial score (nSPS) is 21.3. The molecule has 0 spiro atoms. The minimum absolute atomic E-state index is 0.0106. The Morgan fingerprint density at radius 1 is 1.71 bits per heavy atom. The molecule has 5 heteroatoms. The number of rotatable bonds is 1. The van der Waals surface area contributed by atoms with Crippen molar-refractivity contribution >= 4 is 22.2 Å². The highest BCUT2D eigenvalue weighted by Gasteiger charge is 2.30. The second-order valence-corrected chi connectivity index (χ2v) is 4.11. The van der Waals surface area contributed by atoms with Crippen LogP contribution < -0.4 is 10.6 Å². The zero-order valence-electron chi connectivity index (χ0n) is 7.43. The van der Waals surface area contributed by atoms with E-state index in [4.69, 9.17) is 11.0 Å². The number of hydrogen-bond acceptors (Lipinski definition) is 4. The predicted octanol–water partition coefficient (Wildman–Crippen LogP) is 0.684. The molecule has 1 aliphatic heterocycles. The van der Waals surface area contributed by atoms with Crippen molar-refractivity contribution in [1.29, 1.82) is 5.26 Å². The van der Waals surface area contributed by atoms with Crippen LogP contribution in [-0.2, 0) is 4.79 Å². The summed E-state index contributed by atoms with van der Waals surface area (Å²) in [5, 5.41) is 11.3. The van der Waals surface area contributed by atoms with E-state index in [1.54, 1.807) is 11.0 Å². The van der Waals surface area contributed by atoms with Crippen molar-refractivity contribution in [3.63, 3.8) is 0 Å². The molecule has 1 saturated heterocycles. The Bertz CT molecular complexity index is 406. The fourth-order valence-electron chi connectivity index (χ4n) is 1.53. The van der Waals surface area contributed by atoms with Gasteiger partial charge in [-0.3, -0.25) is 4.79 Å². The Hall–Kier alpha value is -1.38. The van der Waals surface area contributed by atoms with Crippen molar-refractivity contribution in [2.45, 2.75) is 12.5 Å². The summed E-state index contributed by atoms with van der Waals surface area (Å²) in [7, 11) is 0. The van der Waals surface area contributed by atoms with Gasteiger partial charge in [-0.1, -0.05) is 0 Å². The van der Waals surface area contributed by atoms with Crippen molar-refractivity contribution < 1.29 is 4.79 Å². The van der Waals surface area contributed by atoms with Gasteiger partial charge in [0.05, 0.1) is 5.56 Å². The second-order valence-electron chi connectivity index (χ2n) is 3.22. The van der Waals surface area contributed by atoms with Gasteiger partial charge in [0.2, 0.25) is 5.91 Å². The van der Waals surface area contributed by atoms with Gasteiger partial charge in [0, 0.05) is 19.0 Å². The van der Waals surface area contributed by atoms with Crippen LogP contribution in [0, 0.1) is 11.3 Å². The molecule has 0 aromatic carbocycles. The molecule has 1 aromatic rings. The van der Waals surface area contributed by atoms with Crippen molar-refractivity contribution in [3.8, 4) is 6.07 Å². The topological polar surface area (TPSA) is 70.1 Å². The second kappa shape index (κ2) is 3.40. The molecule has 1 unspecified atom stereocenters. The largest absolute Gasteiger partial charge is 0.326 e. The zero-order chi connectivity index (χ0) is 10.1. The van der Waals surface area contributed by atoms with Crippen LogP contribution in [0.25, 0.3) is 0 Å². The number of carbonyl (C=O) groups is 1. The summed E-state index contributed by atoms with van der Waals surface area (Å²) in [5.74, 6) is 0.0106. The quantitative estimate of drug-likeness (QED) is 0.736. The summed E-state index contributed by atoms with van der Waals surface area (Å²) < 4.78 is 0. The van der Waals surface area contributed by atoms with Gasteiger partial charge < -0.3 is 10.6 Å². The standard InChI is InChI=1S/C9H9N3OS/c10-4-6-1-2-14-9(6)12-5-7(11)3-8(12)13/h1-2,7H,3,5,11H2. The van der Waals surface area contributed by atoms with E-state index in [0.29, 0.717) is 18.5 Å². The maximum absolute atomic E-state index is 11.5. The minimum Gasteiger partial charge on any atom is -0.326 e. The van der Waals surface area contributed by atoms with Gasteiger partial charge in [-0.05, 0) is 11.4 Å². The molecule has 72 valence electrons. The van der Waals surface area contributed by atoms with Gasteiger partial charge in [0.1, 0.15) is 11.1 Å². The molecular formula is C9H9N3OS. The summed E-state index contributed by atoms with van der Waals surface area (Å²) in [4.78, 5) is 13.1. The molecule has 1 fully saturated rings. The van der Waals surface area contributed by atoms with Crippen molar-refractivity contribution in [2.24, 2.45) is 5.73 Å². The average molecular weight is 207 g/mol. The maximum atomic E-state index is 11.5. The Morgan fingerprint density at radius 3 is 3.07 bits per heavy atom. The molecule has 14 heavy (non-hydrogen) atoms. The van der Waals surface area contributed by atoms with Crippen molar-refractivity contribution in [1.82, 2.24) is 0 Å². The van der Waals surface area contributed by atoms with Crippen LogP contribution in [0.3, 0.4) is 0 Å². The molecule has 2 heterocycles. The first-order chi connectivity index (χ1) is 6.72. The Kier molecular flexibility index (Phi) is 2.23. The molecule has 4 nitrogen and oxygen atoms in total. The van der Waals surface area contributed by atoms with E-state index in [2.05, 4.69) is 6.07 Å². The lowest BCUT2D eigenvalue weighted by Crippen LogP contribution is -2.27. The van der Waals surface area contributed by atoms with E-state index in [9.17, 15) is 4.79 Å². The van der Waals surface area contributed by atoms with Crippen molar-refractivity contribution in [2.75, 3.05) is 11.4 Å². The molecular weight excluding hydrogens is 198 g/mol. The molecule has 0 aliphatic carbocycles. The highest BCUT2D eigenvalue weighted by atomic mass is 32.1. The summed E-state index contributed by atoms with van der Waals surface area (Å²) in [5.41, 5.74) is 6.23. The lowest BCUT2D eigenvalue weighted by atomic mass is 10.3. The molecule has 1 atom stereocenters. The van der Waals surface area contributed by atoms with E-state index in [1.165, 1.54) is 11.3 Å².